The van der Waals surface area contributed by atoms with Crippen LogP contribution in [0, 0.1) is 0 Å². The molecule has 0 aliphatic carbocycles. The molecule has 0 unspecified atom stereocenters. The van der Waals surface area contributed by atoms with Crippen LogP contribution in [-0.4, -0.2) is 9.97 Å². The van der Waals surface area contributed by atoms with Crippen molar-refractivity contribution in [1.29, 1.82) is 0 Å². The minimum absolute atomic E-state index is 0.740. The second-order valence-corrected chi connectivity index (χ2v) is 9.06. The normalized spacial score (nSPS) is 11.3. The quantitative estimate of drug-likeness (QED) is 0.247. The van der Waals surface area contributed by atoms with Crippen LogP contribution in [0.5, 0.6) is 0 Å². The van der Waals surface area contributed by atoms with E-state index >= 15 is 0 Å². The molecular weight excluding hydrogens is 436 g/mol. The highest BCUT2D eigenvalue weighted by atomic mass is 14.9. The Morgan fingerprint density at radius 1 is 0.389 bits per heavy atom. The highest BCUT2D eigenvalue weighted by Crippen LogP contribution is 2.38. The van der Waals surface area contributed by atoms with Crippen molar-refractivity contribution in [3.8, 4) is 33.8 Å². The molecule has 0 N–H and O–H groups in total. The molecule has 7 aromatic rings. The molecule has 36 heavy (non-hydrogen) atoms. The van der Waals surface area contributed by atoms with E-state index in [-0.39, 0.29) is 0 Å². The molecule has 0 amide bonds. The number of nitrogens with zero attached hydrogens (tertiary/aromatic N) is 2. The summed E-state index contributed by atoms with van der Waals surface area (Å²) in [6.45, 7) is 0. The van der Waals surface area contributed by atoms with Gasteiger partial charge in [-0.2, -0.15) is 0 Å². The summed E-state index contributed by atoms with van der Waals surface area (Å²) in [5.41, 5.74) is 6.41. The number of fused-ring (bicyclic) bond motifs is 4. The molecule has 0 aliphatic rings. The fraction of sp³-hybridized carbons (Fsp3) is 0. The third kappa shape index (κ3) is 3.43. The smallest absolute Gasteiger partial charge is 0.160 e. The SMILES string of the molecule is c1ccc(-c2cc3c(-c4ccccc4)nc(-c4ccc5ccccc5c4)nc3c3ccccc23)cc1. The van der Waals surface area contributed by atoms with Gasteiger partial charge >= 0.3 is 0 Å². The first kappa shape index (κ1) is 20.5. The van der Waals surface area contributed by atoms with Crippen LogP contribution in [0.2, 0.25) is 0 Å². The summed E-state index contributed by atoms with van der Waals surface area (Å²) >= 11 is 0. The van der Waals surface area contributed by atoms with Gasteiger partial charge in [0.25, 0.3) is 0 Å². The summed E-state index contributed by atoms with van der Waals surface area (Å²) in [6, 6.07) is 46.7. The van der Waals surface area contributed by atoms with Gasteiger partial charge in [-0.1, -0.05) is 121 Å². The van der Waals surface area contributed by atoms with Gasteiger partial charge < -0.3 is 0 Å². The largest absolute Gasteiger partial charge is 0.227 e. The topological polar surface area (TPSA) is 25.8 Å². The first-order valence-corrected chi connectivity index (χ1v) is 12.2. The van der Waals surface area contributed by atoms with Crippen molar-refractivity contribution in [2.75, 3.05) is 0 Å². The Bertz CT molecular complexity index is 1870. The summed E-state index contributed by atoms with van der Waals surface area (Å²) in [7, 11) is 0. The van der Waals surface area contributed by atoms with Crippen molar-refractivity contribution in [3.63, 3.8) is 0 Å². The standard InChI is InChI=1S/C34H22N2/c1-3-12-24(13-4-1)30-22-31-32(25-14-5-2-6-15-25)35-34(36-33(31)29-18-10-9-17-28(29)30)27-20-19-23-11-7-8-16-26(23)21-27/h1-22H. The van der Waals surface area contributed by atoms with Crippen molar-refractivity contribution < 1.29 is 0 Å². The summed E-state index contributed by atoms with van der Waals surface area (Å²) < 4.78 is 0. The van der Waals surface area contributed by atoms with Crippen molar-refractivity contribution in [2.24, 2.45) is 0 Å². The van der Waals surface area contributed by atoms with Crippen molar-refractivity contribution in [3.05, 3.63) is 133 Å². The van der Waals surface area contributed by atoms with Crippen LogP contribution in [0.25, 0.3) is 66.2 Å². The third-order valence-corrected chi connectivity index (χ3v) is 6.85. The van der Waals surface area contributed by atoms with Crippen LogP contribution in [-0.2, 0) is 0 Å². The van der Waals surface area contributed by atoms with E-state index < -0.39 is 0 Å². The zero-order valence-electron chi connectivity index (χ0n) is 19.6. The Balaban J connectivity index is 1.59. The average Bonchev–Trinajstić information content (AvgIpc) is 2.97. The van der Waals surface area contributed by atoms with Gasteiger partial charge in [-0.3, -0.25) is 0 Å². The fourth-order valence-corrected chi connectivity index (χ4v) is 5.09. The summed E-state index contributed by atoms with van der Waals surface area (Å²) in [5, 5.41) is 5.78. The Kier molecular flexibility index (Phi) is 4.82. The molecule has 0 saturated heterocycles. The maximum Gasteiger partial charge on any atom is 0.160 e. The first-order valence-electron chi connectivity index (χ1n) is 12.2. The molecule has 6 aromatic carbocycles. The maximum atomic E-state index is 5.19. The summed E-state index contributed by atoms with van der Waals surface area (Å²) in [4.78, 5) is 10.4. The highest BCUT2D eigenvalue weighted by molar-refractivity contribution is 6.15. The van der Waals surface area contributed by atoms with Gasteiger partial charge in [0.15, 0.2) is 5.82 Å². The van der Waals surface area contributed by atoms with Crippen LogP contribution < -0.4 is 0 Å². The van der Waals surface area contributed by atoms with Crippen LogP contribution in [0.1, 0.15) is 0 Å². The molecular formula is C34H22N2. The zero-order chi connectivity index (χ0) is 23.9. The molecule has 1 aromatic heterocycles. The van der Waals surface area contributed by atoms with E-state index in [0.717, 1.165) is 38.9 Å². The zero-order valence-corrected chi connectivity index (χ0v) is 19.6. The van der Waals surface area contributed by atoms with Crippen LogP contribution in [0.3, 0.4) is 0 Å². The number of hydrogen-bond donors (Lipinski definition) is 0. The van der Waals surface area contributed by atoms with Crippen molar-refractivity contribution >= 4 is 32.4 Å². The Hall–Kier alpha value is -4.82. The lowest BCUT2D eigenvalue weighted by Gasteiger charge is -2.15. The van der Waals surface area contributed by atoms with Crippen LogP contribution in [0.4, 0.5) is 0 Å². The van der Waals surface area contributed by atoms with Gasteiger partial charge in [-0.15, -0.1) is 0 Å². The van der Waals surface area contributed by atoms with E-state index in [1.807, 2.05) is 6.07 Å². The minimum atomic E-state index is 0.740. The lowest BCUT2D eigenvalue weighted by Crippen LogP contribution is -1.97. The van der Waals surface area contributed by atoms with Crippen LogP contribution in [0.15, 0.2) is 133 Å². The number of rotatable bonds is 3. The van der Waals surface area contributed by atoms with Crippen molar-refractivity contribution in [1.82, 2.24) is 9.97 Å². The van der Waals surface area contributed by atoms with Gasteiger partial charge in [0, 0.05) is 21.9 Å². The molecule has 2 nitrogen and oxygen atoms in total. The molecule has 1 heterocycles. The maximum absolute atomic E-state index is 5.19. The predicted octanol–water partition coefficient (Wildman–Crippen LogP) is 8.94. The highest BCUT2D eigenvalue weighted by Gasteiger charge is 2.17. The number of benzene rings is 6. The molecule has 168 valence electrons. The third-order valence-electron chi connectivity index (χ3n) is 6.85. The fourth-order valence-electron chi connectivity index (χ4n) is 5.09. The second kappa shape index (κ2) is 8.44. The molecule has 0 saturated carbocycles. The van der Waals surface area contributed by atoms with E-state index in [1.165, 1.54) is 27.3 Å². The van der Waals surface area contributed by atoms with E-state index in [2.05, 4.69) is 127 Å². The molecule has 2 heteroatoms. The predicted molar refractivity (Wildman–Crippen MR) is 151 cm³/mol. The Morgan fingerprint density at radius 3 is 1.81 bits per heavy atom. The van der Waals surface area contributed by atoms with Crippen LogP contribution >= 0.6 is 0 Å². The van der Waals surface area contributed by atoms with E-state index in [4.69, 9.17) is 9.97 Å². The molecule has 0 spiro atoms. The monoisotopic (exact) mass is 458 g/mol. The van der Waals surface area contributed by atoms with Gasteiger partial charge in [0.2, 0.25) is 0 Å². The molecule has 7 rings (SSSR count). The molecule has 0 atom stereocenters. The van der Waals surface area contributed by atoms with E-state index in [9.17, 15) is 0 Å². The van der Waals surface area contributed by atoms with Gasteiger partial charge in [0.1, 0.15) is 0 Å². The second-order valence-electron chi connectivity index (χ2n) is 9.06. The molecule has 0 bridgehead atoms. The van der Waals surface area contributed by atoms with Gasteiger partial charge in [-0.05, 0) is 39.4 Å². The Labute approximate surface area is 209 Å². The Morgan fingerprint density at radius 2 is 1.03 bits per heavy atom. The van der Waals surface area contributed by atoms with Gasteiger partial charge in [-0.25, -0.2) is 9.97 Å². The lowest BCUT2D eigenvalue weighted by molar-refractivity contribution is 1.24. The van der Waals surface area contributed by atoms with Crippen molar-refractivity contribution in [2.45, 2.75) is 0 Å². The molecule has 0 aliphatic heterocycles. The minimum Gasteiger partial charge on any atom is -0.227 e. The summed E-state index contributed by atoms with van der Waals surface area (Å²) in [5.74, 6) is 0.740. The average molecular weight is 459 g/mol. The van der Waals surface area contributed by atoms with Gasteiger partial charge in [0.05, 0.1) is 11.2 Å². The number of aromatic nitrogens is 2. The summed E-state index contributed by atoms with van der Waals surface area (Å²) in [6.07, 6.45) is 0. The van der Waals surface area contributed by atoms with E-state index in [1.54, 1.807) is 0 Å². The van der Waals surface area contributed by atoms with E-state index in [0.29, 0.717) is 0 Å². The molecule has 0 radical (unpaired) electrons. The molecule has 0 fully saturated rings. The lowest BCUT2D eigenvalue weighted by atomic mass is 9.93. The number of hydrogen-bond acceptors (Lipinski definition) is 2. The first-order chi connectivity index (χ1) is 17.8.